The van der Waals surface area contributed by atoms with Gasteiger partial charge in [0.1, 0.15) is 11.3 Å². The first-order chi connectivity index (χ1) is 6.18. The third kappa shape index (κ3) is 1.40. The molecule has 0 atom stereocenters. The lowest BCUT2D eigenvalue weighted by Gasteiger charge is -2.03. The van der Waals surface area contributed by atoms with Gasteiger partial charge in [-0.1, -0.05) is 28.1 Å². The average Bonchev–Trinajstić information content (AvgIpc) is 2.07. The van der Waals surface area contributed by atoms with Crippen molar-refractivity contribution in [3.05, 3.63) is 34.4 Å². The Morgan fingerprint density at radius 2 is 2.15 bits per heavy atom. The van der Waals surface area contributed by atoms with Crippen LogP contribution < -0.4 is 0 Å². The molecule has 1 N–H and O–H groups in total. The number of fused-ring (bicyclic) bond motifs is 1. The van der Waals surface area contributed by atoms with Gasteiger partial charge in [0.2, 0.25) is 0 Å². The zero-order valence-corrected chi connectivity index (χ0v) is 8.67. The van der Waals surface area contributed by atoms with Crippen molar-refractivity contribution in [3.8, 4) is 5.75 Å². The molecular formula is C10H8BrNO. The Morgan fingerprint density at radius 3 is 2.92 bits per heavy atom. The van der Waals surface area contributed by atoms with Crippen LogP contribution >= 0.6 is 15.9 Å². The van der Waals surface area contributed by atoms with Gasteiger partial charge in [-0.2, -0.15) is 0 Å². The van der Waals surface area contributed by atoms with Crippen LogP contribution in [0.15, 0.2) is 28.7 Å². The van der Waals surface area contributed by atoms with E-state index in [-0.39, 0.29) is 5.75 Å². The molecule has 0 bridgehead atoms. The molecular weight excluding hydrogens is 230 g/mol. The summed E-state index contributed by atoms with van der Waals surface area (Å²) in [5, 5.41) is 10.5. The van der Waals surface area contributed by atoms with E-state index in [0.29, 0.717) is 5.52 Å². The Morgan fingerprint density at radius 1 is 1.38 bits per heavy atom. The lowest BCUT2D eigenvalue weighted by molar-refractivity contribution is 0.480. The molecule has 0 amide bonds. The molecule has 1 aromatic carbocycles. The molecule has 0 radical (unpaired) electrons. The monoisotopic (exact) mass is 237 g/mol. The van der Waals surface area contributed by atoms with Gasteiger partial charge in [0.15, 0.2) is 0 Å². The number of aryl methyl sites for hydroxylation is 1. The highest BCUT2D eigenvalue weighted by molar-refractivity contribution is 9.10. The van der Waals surface area contributed by atoms with Gasteiger partial charge in [0, 0.05) is 15.6 Å². The van der Waals surface area contributed by atoms with Crippen LogP contribution in [0.2, 0.25) is 0 Å². The number of pyridine rings is 1. The Kier molecular flexibility index (Phi) is 1.96. The van der Waals surface area contributed by atoms with E-state index in [9.17, 15) is 5.11 Å². The van der Waals surface area contributed by atoms with Gasteiger partial charge < -0.3 is 5.11 Å². The van der Waals surface area contributed by atoms with Crippen molar-refractivity contribution in [1.82, 2.24) is 4.98 Å². The fourth-order valence-corrected chi connectivity index (χ4v) is 1.96. The molecule has 0 fully saturated rings. The topological polar surface area (TPSA) is 33.1 Å². The van der Waals surface area contributed by atoms with E-state index in [0.717, 1.165) is 15.6 Å². The number of hydrogen-bond donors (Lipinski definition) is 1. The second-order valence-corrected chi connectivity index (χ2v) is 3.77. The molecule has 0 unspecified atom stereocenters. The summed E-state index contributed by atoms with van der Waals surface area (Å²) in [7, 11) is 0. The molecule has 0 aliphatic heterocycles. The third-order valence-corrected chi connectivity index (χ3v) is 2.55. The number of para-hydroxylation sites is 1. The summed E-state index contributed by atoms with van der Waals surface area (Å²) in [6.07, 6.45) is 0. The van der Waals surface area contributed by atoms with Crippen molar-refractivity contribution in [3.63, 3.8) is 0 Å². The number of phenolic OH excluding ortho intramolecular Hbond substituents is 1. The molecule has 0 spiro atoms. The van der Waals surface area contributed by atoms with Crippen LogP contribution in [0.5, 0.6) is 5.75 Å². The number of nitrogens with zero attached hydrogens (tertiary/aromatic N) is 1. The van der Waals surface area contributed by atoms with Crippen molar-refractivity contribution in [2.75, 3.05) is 0 Å². The standard InChI is InChI=1S/C10H8BrNO/c1-6-5-8(11)7-3-2-4-9(13)10(7)12-6/h2-5,13H,1H3. The smallest absolute Gasteiger partial charge is 0.141 e. The van der Waals surface area contributed by atoms with Gasteiger partial charge in [0.05, 0.1) is 0 Å². The van der Waals surface area contributed by atoms with Crippen molar-refractivity contribution in [2.24, 2.45) is 0 Å². The molecule has 0 aliphatic rings. The Bertz CT molecular complexity index is 468. The van der Waals surface area contributed by atoms with Gasteiger partial charge in [-0.25, -0.2) is 4.98 Å². The highest BCUT2D eigenvalue weighted by Crippen LogP contribution is 2.28. The van der Waals surface area contributed by atoms with E-state index in [1.807, 2.05) is 19.1 Å². The van der Waals surface area contributed by atoms with Gasteiger partial charge in [-0.15, -0.1) is 0 Å². The minimum Gasteiger partial charge on any atom is -0.506 e. The third-order valence-electron chi connectivity index (χ3n) is 1.90. The summed E-state index contributed by atoms with van der Waals surface area (Å²) in [5.41, 5.74) is 1.54. The maximum atomic E-state index is 9.54. The Labute approximate surface area is 84.4 Å². The summed E-state index contributed by atoms with van der Waals surface area (Å²) in [4.78, 5) is 4.26. The zero-order chi connectivity index (χ0) is 9.42. The van der Waals surface area contributed by atoms with Gasteiger partial charge >= 0.3 is 0 Å². The lowest BCUT2D eigenvalue weighted by Crippen LogP contribution is -1.84. The molecule has 13 heavy (non-hydrogen) atoms. The molecule has 0 saturated carbocycles. The second kappa shape index (κ2) is 3.00. The number of phenols is 1. The maximum absolute atomic E-state index is 9.54. The van der Waals surface area contributed by atoms with E-state index in [1.54, 1.807) is 12.1 Å². The molecule has 2 nitrogen and oxygen atoms in total. The quantitative estimate of drug-likeness (QED) is 0.765. The molecule has 2 aromatic rings. The number of aromatic hydroxyl groups is 1. The molecule has 0 aliphatic carbocycles. The number of halogens is 1. The minimum absolute atomic E-state index is 0.224. The van der Waals surface area contributed by atoms with Crippen molar-refractivity contribution in [2.45, 2.75) is 6.92 Å². The first kappa shape index (κ1) is 8.51. The summed E-state index contributed by atoms with van der Waals surface area (Å²) in [6, 6.07) is 7.30. The van der Waals surface area contributed by atoms with E-state index in [1.165, 1.54) is 0 Å². The van der Waals surface area contributed by atoms with Gasteiger partial charge in [-0.05, 0) is 19.1 Å². The molecule has 1 heterocycles. The Balaban J connectivity index is 2.94. The first-order valence-electron chi connectivity index (χ1n) is 3.93. The molecule has 3 heteroatoms. The van der Waals surface area contributed by atoms with Crippen LogP contribution in [0.25, 0.3) is 10.9 Å². The molecule has 66 valence electrons. The van der Waals surface area contributed by atoms with Gasteiger partial charge in [-0.3, -0.25) is 0 Å². The normalized spacial score (nSPS) is 10.6. The van der Waals surface area contributed by atoms with Crippen LogP contribution in [-0.2, 0) is 0 Å². The fourth-order valence-electron chi connectivity index (χ4n) is 1.31. The predicted octanol–water partition coefficient (Wildman–Crippen LogP) is 3.01. The molecule has 1 aromatic heterocycles. The van der Waals surface area contributed by atoms with Crippen LogP contribution in [0.1, 0.15) is 5.69 Å². The number of rotatable bonds is 0. The first-order valence-corrected chi connectivity index (χ1v) is 4.72. The van der Waals surface area contributed by atoms with Crippen molar-refractivity contribution >= 4 is 26.8 Å². The summed E-state index contributed by atoms with van der Waals surface area (Å²) >= 11 is 3.43. The molecule has 0 saturated heterocycles. The number of aromatic nitrogens is 1. The Hall–Kier alpha value is -1.09. The van der Waals surface area contributed by atoms with Crippen LogP contribution in [0, 0.1) is 6.92 Å². The SMILES string of the molecule is Cc1cc(Br)c2cccc(O)c2n1. The largest absolute Gasteiger partial charge is 0.506 e. The fraction of sp³-hybridized carbons (Fsp3) is 0.100. The minimum atomic E-state index is 0.224. The maximum Gasteiger partial charge on any atom is 0.141 e. The summed E-state index contributed by atoms with van der Waals surface area (Å²) < 4.78 is 0.964. The van der Waals surface area contributed by atoms with Crippen molar-refractivity contribution < 1.29 is 5.11 Å². The summed E-state index contributed by atoms with van der Waals surface area (Å²) in [6.45, 7) is 1.90. The van der Waals surface area contributed by atoms with Crippen LogP contribution in [0.3, 0.4) is 0 Å². The van der Waals surface area contributed by atoms with E-state index >= 15 is 0 Å². The zero-order valence-electron chi connectivity index (χ0n) is 7.08. The second-order valence-electron chi connectivity index (χ2n) is 2.92. The van der Waals surface area contributed by atoms with E-state index in [4.69, 9.17) is 0 Å². The van der Waals surface area contributed by atoms with Gasteiger partial charge in [0.25, 0.3) is 0 Å². The average molecular weight is 238 g/mol. The number of benzene rings is 1. The van der Waals surface area contributed by atoms with E-state index in [2.05, 4.69) is 20.9 Å². The van der Waals surface area contributed by atoms with E-state index < -0.39 is 0 Å². The highest BCUT2D eigenvalue weighted by Gasteiger charge is 2.04. The molecule has 2 rings (SSSR count). The van der Waals surface area contributed by atoms with Crippen LogP contribution in [0.4, 0.5) is 0 Å². The summed E-state index contributed by atoms with van der Waals surface area (Å²) in [5.74, 6) is 0.224. The highest BCUT2D eigenvalue weighted by atomic mass is 79.9. The lowest BCUT2D eigenvalue weighted by atomic mass is 10.2. The van der Waals surface area contributed by atoms with Crippen molar-refractivity contribution in [1.29, 1.82) is 0 Å². The number of hydrogen-bond acceptors (Lipinski definition) is 2. The predicted molar refractivity (Wildman–Crippen MR) is 55.8 cm³/mol. The van der Waals surface area contributed by atoms with Crippen LogP contribution in [-0.4, -0.2) is 10.1 Å².